The van der Waals surface area contributed by atoms with E-state index in [1.54, 1.807) is 0 Å². The van der Waals surface area contributed by atoms with Crippen molar-refractivity contribution in [3.05, 3.63) is 313 Å². The molecule has 350 valence electrons. The molecule has 13 aromatic rings. The fourth-order valence-electron chi connectivity index (χ4n) is 12.8. The lowest BCUT2D eigenvalue weighted by Gasteiger charge is -2.30. The molecule has 0 aliphatic heterocycles. The van der Waals surface area contributed by atoms with Gasteiger partial charge in [0.1, 0.15) is 0 Å². The van der Waals surface area contributed by atoms with Crippen molar-refractivity contribution in [3.63, 3.8) is 0 Å². The van der Waals surface area contributed by atoms with E-state index in [1.807, 2.05) is 0 Å². The quantitative estimate of drug-likeness (QED) is 0.147. The molecule has 0 bridgehead atoms. The molecule has 12 aromatic carbocycles. The molecule has 0 N–H and O–H groups in total. The average Bonchev–Trinajstić information content (AvgIpc) is 4.25. The Morgan fingerprint density at radius 3 is 1.21 bits per heavy atom. The predicted molar refractivity (Wildman–Crippen MR) is 314 cm³/mol. The summed E-state index contributed by atoms with van der Waals surface area (Å²) in [6.45, 7) is 0. The number of rotatable bonds is 8. The summed E-state index contributed by atoms with van der Waals surface area (Å²) in [5.74, 6) is 0. The fraction of sp³-hybridized carbons (Fsp3) is 0.0137. The van der Waals surface area contributed by atoms with Gasteiger partial charge in [0, 0.05) is 33.3 Å². The molecule has 0 saturated carbocycles. The number of fused-ring (bicyclic) bond motifs is 13. The first-order valence-electron chi connectivity index (χ1n) is 26.0. The summed E-state index contributed by atoms with van der Waals surface area (Å²) in [6, 6.07) is 107. The molecule has 2 aliphatic carbocycles. The Balaban J connectivity index is 0.794. The maximum Gasteiger partial charge on any atom is 0.0725 e. The first kappa shape index (κ1) is 42.9. The minimum Gasteiger partial charge on any atom is -0.310 e. The fourth-order valence-corrected chi connectivity index (χ4v) is 12.8. The van der Waals surface area contributed by atoms with Gasteiger partial charge in [-0.05, 0) is 132 Å². The van der Waals surface area contributed by atoms with Gasteiger partial charge < -0.3 is 9.47 Å². The van der Waals surface area contributed by atoms with Crippen LogP contribution in [0.2, 0.25) is 0 Å². The highest BCUT2D eigenvalue weighted by atomic mass is 15.1. The topological polar surface area (TPSA) is 8.17 Å². The molecule has 2 heteroatoms. The van der Waals surface area contributed by atoms with Crippen LogP contribution in [0.25, 0.3) is 94.3 Å². The monoisotopic (exact) mass is 952 g/mol. The highest BCUT2D eigenvalue weighted by Crippen LogP contribution is 2.63. The Labute approximate surface area is 437 Å². The highest BCUT2D eigenvalue weighted by molar-refractivity contribution is 6.10. The van der Waals surface area contributed by atoms with Crippen LogP contribution in [0.1, 0.15) is 22.3 Å². The van der Waals surface area contributed by atoms with E-state index < -0.39 is 0 Å². The molecular weight excluding hydrogens is 905 g/mol. The van der Waals surface area contributed by atoms with E-state index in [9.17, 15) is 0 Å². The van der Waals surface area contributed by atoms with E-state index >= 15 is 0 Å². The van der Waals surface area contributed by atoms with Crippen LogP contribution in [-0.4, -0.2) is 4.57 Å². The normalized spacial score (nSPS) is 12.6. The molecule has 2 aliphatic rings. The number of anilines is 3. The van der Waals surface area contributed by atoms with Gasteiger partial charge in [-0.15, -0.1) is 0 Å². The van der Waals surface area contributed by atoms with Crippen molar-refractivity contribution in [1.29, 1.82) is 0 Å². The first-order valence-corrected chi connectivity index (χ1v) is 26.0. The minimum absolute atomic E-state index is 0.388. The van der Waals surface area contributed by atoms with Gasteiger partial charge >= 0.3 is 0 Å². The van der Waals surface area contributed by atoms with Gasteiger partial charge in [0.2, 0.25) is 0 Å². The highest BCUT2D eigenvalue weighted by Gasteiger charge is 2.51. The van der Waals surface area contributed by atoms with Crippen LogP contribution in [0.5, 0.6) is 0 Å². The summed E-state index contributed by atoms with van der Waals surface area (Å²) in [5.41, 5.74) is 26.6. The van der Waals surface area contributed by atoms with Gasteiger partial charge in [-0.1, -0.05) is 237 Å². The van der Waals surface area contributed by atoms with Crippen molar-refractivity contribution in [3.8, 4) is 72.4 Å². The summed E-state index contributed by atoms with van der Waals surface area (Å²) >= 11 is 0. The molecule has 75 heavy (non-hydrogen) atoms. The number of nitrogens with zero attached hydrogens (tertiary/aromatic N) is 2. The average molecular weight is 953 g/mol. The van der Waals surface area contributed by atoms with E-state index in [0.29, 0.717) is 0 Å². The smallest absolute Gasteiger partial charge is 0.0725 e. The second kappa shape index (κ2) is 17.2. The van der Waals surface area contributed by atoms with Gasteiger partial charge in [0.05, 0.1) is 27.8 Å². The number of hydrogen-bond acceptors (Lipinski definition) is 1. The van der Waals surface area contributed by atoms with Gasteiger partial charge in [0.25, 0.3) is 0 Å². The maximum atomic E-state index is 2.47. The van der Waals surface area contributed by atoms with Crippen molar-refractivity contribution in [1.82, 2.24) is 4.57 Å². The Hall–Kier alpha value is -9.76. The molecular formula is C73H48N2. The number of hydrogen-bond donors (Lipinski definition) is 0. The molecule has 1 spiro atoms. The zero-order valence-electron chi connectivity index (χ0n) is 41.1. The van der Waals surface area contributed by atoms with Crippen LogP contribution in [0, 0.1) is 0 Å². The van der Waals surface area contributed by atoms with E-state index in [2.05, 4.69) is 301 Å². The number of aromatic nitrogens is 1. The van der Waals surface area contributed by atoms with Crippen molar-refractivity contribution >= 4 is 38.9 Å². The summed E-state index contributed by atoms with van der Waals surface area (Å²) < 4.78 is 2.41. The second-order valence-corrected chi connectivity index (χ2v) is 19.9. The van der Waals surface area contributed by atoms with Gasteiger partial charge in [0.15, 0.2) is 0 Å². The molecule has 0 amide bonds. The first-order chi connectivity index (χ1) is 37.2. The second-order valence-electron chi connectivity index (χ2n) is 19.9. The van der Waals surface area contributed by atoms with Gasteiger partial charge in [-0.25, -0.2) is 0 Å². The molecule has 0 atom stereocenters. The summed E-state index contributed by atoms with van der Waals surface area (Å²) in [6.07, 6.45) is 0. The lowest BCUT2D eigenvalue weighted by Crippen LogP contribution is -2.25. The number of benzene rings is 12. The number of para-hydroxylation sites is 4. The van der Waals surface area contributed by atoms with E-state index in [1.165, 1.54) is 111 Å². The van der Waals surface area contributed by atoms with Crippen LogP contribution in [0.15, 0.2) is 291 Å². The Bertz CT molecular complexity index is 4220. The Morgan fingerprint density at radius 2 is 0.640 bits per heavy atom. The van der Waals surface area contributed by atoms with E-state index in [-0.39, 0.29) is 5.41 Å². The van der Waals surface area contributed by atoms with E-state index in [4.69, 9.17) is 0 Å². The molecule has 2 nitrogen and oxygen atoms in total. The SMILES string of the molecule is c1ccc(-c2ccccc2N(c2ccc(-c3ccc(-c4ccccc4-n4c5ccccc5c5ccccc54)cc3)cc2)c2ccc(-c3ccc4c(c3)C3(c5ccccc5-c5ccccc53)c3ccccc3-4)cc2)cc1. The minimum atomic E-state index is -0.388. The van der Waals surface area contributed by atoms with Crippen LogP contribution < -0.4 is 4.90 Å². The van der Waals surface area contributed by atoms with Crippen molar-refractivity contribution in [2.45, 2.75) is 5.41 Å². The third kappa shape index (κ3) is 6.60. The van der Waals surface area contributed by atoms with Crippen LogP contribution in [0.3, 0.4) is 0 Å². The molecule has 0 unspecified atom stereocenters. The van der Waals surface area contributed by atoms with E-state index in [0.717, 1.165) is 22.6 Å². The molecule has 1 aromatic heterocycles. The molecule has 0 saturated heterocycles. The Kier molecular flexibility index (Phi) is 9.83. The summed E-state index contributed by atoms with van der Waals surface area (Å²) in [4.78, 5) is 2.41. The van der Waals surface area contributed by atoms with Crippen molar-refractivity contribution in [2.75, 3.05) is 4.90 Å². The zero-order valence-corrected chi connectivity index (χ0v) is 41.1. The third-order valence-corrected chi connectivity index (χ3v) is 16.1. The lowest BCUT2D eigenvalue weighted by atomic mass is 9.70. The molecule has 0 fully saturated rings. The molecule has 1 heterocycles. The van der Waals surface area contributed by atoms with Crippen molar-refractivity contribution < 1.29 is 0 Å². The predicted octanol–water partition coefficient (Wildman–Crippen LogP) is 19.3. The standard InChI is InChI=1S/C73H48N2/c1-2-18-52(19-3-1)57-20-7-14-30-69(57)74(55-43-38-50(39-44-55)49-34-36-53(37-35-49)58-21-8-15-31-70(58)75-71-32-16-9-25-63(71)64-26-10-17-33-72(64)75)56-45-40-51(41-46-56)54-42-47-62-61-24-6-13-29-67(61)73(68(62)48-54)65-27-11-4-22-59(65)60-23-5-12-28-66(60)73/h1-48H. The molecule has 0 radical (unpaired) electrons. The third-order valence-electron chi connectivity index (χ3n) is 16.1. The largest absolute Gasteiger partial charge is 0.310 e. The van der Waals surface area contributed by atoms with Crippen LogP contribution in [-0.2, 0) is 5.41 Å². The van der Waals surface area contributed by atoms with Gasteiger partial charge in [-0.3, -0.25) is 0 Å². The van der Waals surface area contributed by atoms with Gasteiger partial charge in [-0.2, -0.15) is 0 Å². The van der Waals surface area contributed by atoms with Crippen LogP contribution >= 0.6 is 0 Å². The Morgan fingerprint density at radius 1 is 0.253 bits per heavy atom. The summed E-state index contributed by atoms with van der Waals surface area (Å²) in [5, 5.41) is 2.52. The summed E-state index contributed by atoms with van der Waals surface area (Å²) in [7, 11) is 0. The van der Waals surface area contributed by atoms with Crippen LogP contribution in [0.4, 0.5) is 17.1 Å². The maximum absolute atomic E-state index is 2.47. The van der Waals surface area contributed by atoms with Crippen molar-refractivity contribution in [2.24, 2.45) is 0 Å². The lowest BCUT2D eigenvalue weighted by molar-refractivity contribution is 0.794. The molecule has 15 rings (SSSR count). The zero-order chi connectivity index (χ0) is 49.5.